The Kier molecular flexibility index (Phi) is 6.93. The minimum Gasteiger partial charge on any atom is -0.391 e. The second-order valence-electron chi connectivity index (χ2n) is 8.59. The van der Waals surface area contributed by atoms with Crippen molar-refractivity contribution in [3.63, 3.8) is 0 Å². The fraction of sp³-hybridized carbons (Fsp3) is 0.360. The van der Waals surface area contributed by atoms with Gasteiger partial charge < -0.3 is 21.4 Å². The molecule has 7 nitrogen and oxygen atoms in total. The second kappa shape index (κ2) is 10.0. The zero-order valence-electron chi connectivity index (χ0n) is 19.2. The molecule has 1 aliphatic carbocycles. The van der Waals surface area contributed by atoms with Gasteiger partial charge in [0, 0.05) is 30.1 Å². The monoisotopic (exact) mass is 447 g/mol. The number of pyridine rings is 1. The fourth-order valence-corrected chi connectivity index (χ4v) is 4.27. The maximum absolute atomic E-state index is 14.7. The number of nitrogens with zero attached hydrogens (tertiary/aromatic N) is 3. The first-order chi connectivity index (χ1) is 16.0. The first-order valence-electron chi connectivity index (χ1n) is 11.3. The number of anilines is 2. The van der Waals surface area contributed by atoms with E-state index in [1.54, 1.807) is 18.2 Å². The SMILES string of the molecule is CN/C(=C1/C=C(c2nc(Nc3ccc(C4CCNCC4)cn3)ncc2F)C=CC1=N)C(C)C. The maximum Gasteiger partial charge on any atom is 0.229 e. The summed E-state index contributed by atoms with van der Waals surface area (Å²) in [5.41, 5.74) is 4.03. The van der Waals surface area contributed by atoms with Crippen LogP contribution in [-0.2, 0) is 0 Å². The number of piperidine rings is 1. The van der Waals surface area contributed by atoms with Crippen molar-refractivity contribution in [1.82, 2.24) is 25.6 Å². The van der Waals surface area contributed by atoms with Gasteiger partial charge in [-0.25, -0.2) is 19.3 Å². The van der Waals surface area contributed by atoms with E-state index >= 15 is 0 Å². The summed E-state index contributed by atoms with van der Waals surface area (Å²) in [6.45, 7) is 6.17. The van der Waals surface area contributed by atoms with Gasteiger partial charge in [0.25, 0.3) is 0 Å². The topological polar surface area (TPSA) is 98.6 Å². The van der Waals surface area contributed by atoms with E-state index < -0.39 is 5.82 Å². The molecular formula is C25H30FN7. The van der Waals surface area contributed by atoms with Gasteiger partial charge in [0.2, 0.25) is 5.95 Å². The molecule has 0 amide bonds. The van der Waals surface area contributed by atoms with Crippen molar-refractivity contribution in [1.29, 1.82) is 5.41 Å². The molecule has 33 heavy (non-hydrogen) atoms. The van der Waals surface area contributed by atoms with Crippen LogP contribution in [0.5, 0.6) is 0 Å². The molecule has 1 aliphatic heterocycles. The second-order valence-corrected chi connectivity index (χ2v) is 8.59. The molecule has 3 heterocycles. The van der Waals surface area contributed by atoms with E-state index in [-0.39, 0.29) is 17.6 Å². The lowest BCUT2D eigenvalue weighted by molar-refractivity contribution is 0.459. The third-order valence-electron chi connectivity index (χ3n) is 6.01. The van der Waals surface area contributed by atoms with Gasteiger partial charge in [-0.2, -0.15) is 0 Å². The highest BCUT2D eigenvalue weighted by Gasteiger charge is 2.19. The zero-order chi connectivity index (χ0) is 23.4. The van der Waals surface area contributed by atoms with E-state index in [1.807, 2.05) is 19.3 Å². The minimum absolute atomic E-state index is 0.180. The van der Waals surface area contributed by atoms with E-state index in [4.69, 9.17) is 5.41 Å². The van der Waals surface area contributed by atoms with Crippen LogP contribution in [0.1, 0.15) is 43.9 Å². The minimum atomic E-state index is -0.519. The van der Waals surface area contributed by atoms with Crippen molar-refractivity contribution in [2.24, 2.45) is 5.92 Å². The van der Waals surface area contributed by atoms with Crippen LogP contribution in [0.3, 0.4) is 0 Å². The van der Waals surface area contributed by atoms with Gasteiger partial charge in [-0.15, -0.1) is 0 Å². The zero-order valence-corrected chi connectivity index (χ0v) is 19.2. The lowest BCUT2D eigenvalue weighted by Crippen LogP contribution is -2.26. The summed E-state index contributed by atoms with van der Waals surface area (Å²) in [6, 6.07) is 3.99. The molecule has 8 heteroatoms. The van der Waals surface area contributed by atoms with Gasteiger partial charge in [0.05, 0.1) is 11.9 Å². The van der Waals surface area contributed by atoms with Crippen LogP contribution in [0, 0.1) is 17.1 Å². The Balaban J connectivity index is 1.58. The Morgan fingerprint density at radius 1 is 1.15 bits per heavy atom. The molecule has 0 unspecified atom stereocenters. The van der Waals surface area contributed by atoms with Crippen molar-refractivity contribution >= 4 is 23.1 Å². The molecular weight excluding hydrogens is 417 g/mol. The van der Waals surface area contributed by atoms with Crippen LogP contribution in [0.15, 0.2) is 54.0 Å². The lowest BCUT2D eigenvalue weighted by Gasteiger charge is -2.22. The number of allylic oxidation sites excluding steroid dienone is 6. The molecule has 1 fully saturated rings. The lowest BCUT2D eigenvalue weighted by atomic mass is 9.91. The van der Waals surface area contributed by atoms with Gasteiger partial charge >= 0.3 is 0 Å². The number of rotatable bonds is 6. The van der Waals surface area contributed by atoms with Crippen LogP contribution in [0.2, 0.25) is 0 Å². The largest absolute Gasteiger partial charge is 0.391 e. The number of halogens is 1. The highest BCUT2D eigenvalue weighted by molar-refractivity contribution is 6.13. The third-order valence-corrected chi connectivity index (χ3v) is 6.01. The van der Waals surface area contributed by atoms with E-state index in [0.717, 1.165) is 43.4 Å². The van der Waals surface area contributed by atoms with Gasteiger partial charge in [0.1, 0.15) is 11.5 Å². The molecule has 0 radical (unpaired) electrons. The van der Waals surface area contributed by atoms with E-state index in [9.17, 15) is 4.39 Å². The molecule has 0 aromatic carbocycles. The Morgan fingerprint density at radius 3 is 2.61 bits per heavy atom. The highest BCUT2D eigenvalue weighted by Crippen LogP contribution is 2.28. The summed E-state index contributed by atoms with van der Waals surface area (Å²) in [5.74, 6) is 1.08. The van der Waals surface area contributed by atoms with Crippen LogP contribution in [0.25, 0.3) is 5.57 Å². The quantitative estimate of drug-likeness (QED) is 0.526. The molecule has 0 spiro atoms. The molecule has 4 N–H and O–H groups in total. The average molecular weight is 448 g/mol. The van der Waals surface area contributed by atoms with Gasteiger partial charge in [-0.3, -0.25) is 0 Å². The standard InChI is InChI=1S/C25H30FN7/c1-15(2)23(28-3)19-12-17(4-6-21(19)27)24-20(26)14-31-25(33-24)32-22-7-5-18(13-30-22)16-8-10-29-11-9-16/h4-7,12-16,27-29H,8-11H2,1-3H3,(H,30,31,32,33)/b23-19-,27-21?. The van der Waals surface area contributed by atoms with E-state index in [2.05, 4.69) is 50.8 Å². The van der Waals surface area contributed by atoms with Crippen molar-refractivity contribution in [2.45, 2.75) is 32.6 Å². The number of hydrogen-bond donors (Lipinski definition) is 4. The smallest absolute Gasteiger partial charge is 0.229 e. The van der Waals surface area contributed by atoms with Gasteiger partial charge in [-0.1, -0.05) is 26.0 Å². The van der Waals surface area contributed by atoms with Crippen molar-refractivity contribution in [3.8, 4) is 0 Å². The van der Waals surface area contributed by atoms with E-state index in [0.29, 0.717) is 23.0 Å². The van der Waals surface area contributed by atoms with Crippen molar-refractivity contribution in [3.05, 3.63) is 71.1 Å². The Labute approximate surface area is 193 Å². The summed E-state index contributed by atoms with van der Waals surface area (Å²) >= 11 is 0. The van der Waals surface area contributed by atoms with Crippen molar-refractivity contribution in [2.75, 3.05) is 25.5 Å². The number of nitrogens with one attached hydrogen (secondary N) is 4. The van der Waals surface area contributed by atoms with Gasteiger partial charge in [-0.05, 0) is 61.5 Å². The van der Waals surface area contributed by atoms with Gasteiger partial charge in [0.15, 0.2) is 5.82 Å². The predicted molar refractivity (Wildman–Crippen MR) is 130 cm³/mol. The Bertz CT molecular complexity index is 1110. The molecule has 0 atom stereocenters. The van der Waals surface area contributed by atoms with E-state index in [1.165, 1.54) is 5.56 Å². The molecule has 1 saturated heterocycles. The predicted octanol–water partition coefficient (Wildman–Crippen LogP) is 4.32. The average Bonchev–Trinajstić information content (AvgIpc) is 2.83. The molecule has 0 bridgehead atoms. The van der Waals surface area contributed by atoms with Crippen LogP contribution in [-0.4, -0.2) is 40.8 Å². The first kappa shape index (κ1) is 22.8. The highest BCUT2D eigenvalue weighted by atomic mass is 19.1. The summed E-state index contributed by atoms with van der Waals surface area (Å²) in [7, 11) is 1.83. The van der Waals surface area contributed by atoms with Crippen LogP contribution < -0.4 is 16.0 Å². The normalized spacial score (nSPS) is 18.3. The summed E-state index contributed by atoms with van der Waals surface area (Å²) < 4.78 is 14.7. The Morgan fingerprint density at radius 2 is 1.94 bits per heavy atom. The number of aromatic nitrogens is 3. The Hall–Kier alpha value is -3.39. The molecule has 2 aromatic rings. The molecule has 0 saturated carbocycles. The first-order valence-corrected chi connectivity index (χ1v) is 11.3. The van der Waals surface area contributed by atoms with Crippen LogP contribution >= 0.6 is 0 Å². The fourth-order valence-electron chi connectivity index (χ4n) is 4.27. The molecule has 2 aromatic heterocycles. The van der Waals surface area contributed by atoms with Crippen molar-refractivity contribution < 1.29 is 4.39 Å². The molecule has 172 valence electrons. The summed E-state index contributed by atoms with van der Waals surface area (Å²) in [5, 5.41) is 17.9. The van der Waals surface area contributed by atoms with Crippen LogP contribution in [0.4, 0.5) is 16.2 Å². The maximum atomic E-state index is 14.7. The summed E-state index contributed by atoms with van der Waals surface area (Å²) in [6.07, 6.45) is 10.5. The molecule has 4 rings (SSSR count). The number of hydrogen-bond acceptors (Lipinski definition) is 7. The summed E-state index contributed by atoms with van der Waals surface area (Å²) in [4.78, 5) is 13.0. The third kappa shape index (κ3) is 5.17. The molecule has 2 aliphatic rings.